The van der Waals surface area contributed by atoms with Crippen LogP contribution < -0.4 is 10.6 Å². The molecule has 3 aromatic rings. The van der Waals surface area contributed by atoms with Gasteiger partial charge in [-0.1, -0.05) is 82.1 Å². The second-order valence-corrected chi connectivity index (χ2v) is 9.99. The average Bonchev–Trinajstić information content (AvgIpc) is 3.32. The van der Waals surface area contributed by atoms with Crippen LogP contribution in [0.2, 0.25) is 5.02 Å². The van der Waals surface area contributed by atoms with E-state index in [0.717, 1.165) is 33.3 Å². The molecule has 0 saturated carbocycles. The fourth-order valence-corrected chi connectivity index (χ4v) is 4.77. The van der Waals surface area contributed by atoms with E-state index in [1.54, 1.807) is 7.05 Å². The number of nitrogens with one attached hydrogen (secondary N) is 2. The standard InChI is InChI=1S/C29H27BrClN3O2/c1-32-29(36)27(17-20-6-5-9-22(30)16-20)34-28(35)24-18-26(21-7-3-2-4-8-21)33-25(24)15-12-19-10-13-23(31)14-11-19/h2-11,13-14,16,18,25,27H,12,15,17H2,1H3,(H,32,36)(H,34,35)/t25?,27-/m0/s1. The lowest BCUT2D eigenvalue weighted by molar-refractivity contribution is -0.127. The highest BCUT2D eigenvalue weighted by molar-refractivity contribution is 9.10. The highest BCUT2D eigenvalue weighted by Crippen LogP contribution is 2.24. The van der Waals surface area contributed by atoms with E-state index in [2.05, 4.69) is 26.6 Å². The van der Waals surface area contributed by atoms with Crippen LogP contribution in [0.3, 0.4) is 0 Å². The molecule has 1 unspecified atom stereocenters. The van der Waals surface area contributed by atoms with E-state index in [0.29, 0.717) is 23.4 Å². The van der Waals surface area contributed by atoms with Crippen LogP contribution in [0.25, 0.3) is 0 Å². The zero-order valence-corrected chi connectivity index (χ0v) is 22.2. The van der Waals surface area contributed by atoms with E-state index < -0.39 is 6.04 Å². The van der Waals surface area contributed by atoms with Gasteiger partial charge < -0.3 is 10.6 Å². The fraction of sp³-hybridized carbons (Fsp3) is 0.207. The normalized spacial score (nSPS) is 15.6. The summed E-state index contributed by atoms with van der Waals surface area (Å²) in [5, 5.41) is 6.32. The molecular weight excluding hydrogens is 538 g/mol. The summed E-state index contributed by atoms with van der Waals surface area (Å²) in [6.45, 7) is 0. The minimum atomic E-state index is -0.713. The SMILES string of the molecule is CNC(=O)[C@H](Cc1cccc(Br)c1)NC(=O)C1=CC(c2ccccc2)=NC1CCc1ccc(Cl)cc1. The lowest BCUT2D eigenvalue weighted by Crippen LogP contribution is -2.48. The first-order valence-electron chi connectivity index (χ1n) is 11.8. The number of aryl methyl sites for hydroxylation is 1. The average molecular weight is 565 g/mol. The van der Waals surface area contributed by atoms with Crippen molar-refractivity contribution in [2.24, 2.45) is 4.99 Å². The molecule has 184 valence electrons. The van der Waals surface area contributed by atoms with Gasteiger partial charge in [-0.05, 0) is 59.9 Å². The summed E-state index contributed by atoms with van der Waals surface area (Å²) in [7, 11) is 1.57. The van der Waals surface area contributed by atoms with Gasteiger partial charge in [-0.3, -0.25) is 14.6 Å². The van der Waals surface area contributed by atoms with Crippen molar-refractivity contribution in [3.05, 3.63) is 117 Å². The van der Waals surface area contributed by atoms with Crippen molar-refractivity contribution in [3.8, 4) is 0 Å². The van der Waals surface area contributed by atoms with Crippen LogP contribution in [-0.4, -0.2) is 36.7 Å². The third-order valence-electron chi connectivity index (χ3n) is 6.09. The number of halogens is 2. The Hall–Kier alpha value is -3.22. The Morgan fingerprint density at radius 1 is 1.00 bits per heavy atom. The zero-order valence-electron chi connectivity index (χ0n) is 19.9. The van der Waals surface area contributed by atoms with Gasteiger partial charge in [-0.2, -0.15) is 0 Å². The molecule has 0 aromatic heterocycles. The van der Waals surface area contributed by atoms with Crippen molar-refractivity contribution in [3.63, 3.8) is 0 Å². The summed E-state index contributed by atoms with van der Waals surface area (Å²) in [5.41, 5.74) is 4.35. The molecule has 1 aliphatic rings. The minimum Gasteiger partial charge on any atom is -0.357 e. The molecule has 0 aliphatic carbocycles. The number of carbonyl (C=O) groups excluding carboxylic acids is 2. The van der Waals surface area contributed by atoms with Crippen molar-refractivity contribution >= 4 is 45.1 Å². The summed E-state index contributed by atoms with van der Waals surface area (Å²) in [6.07, 6.45) is 3.62. The number of hydrogen-bond donors (Lipinski definition) is 2. The monoisotopic (exact) mass is 563 g/mol. The molecule has 2 atom stereocenters. The molecule has 1 heterocycles. The summed E-state index contributed by atoms with van der Waals surface area (Å²) in [6, 6.07) is 24.2. The number of allylic oxidation sites excluding steroid dienone is 1. The van der Waals surface area contributed by atoms with Crippen molar-refractivity contribution < 1.29 is 9.59 Å². The molecule has 0 spiro atoms. The van der Waals surface area contributed by atoms with Gasteiger partial charge in [0.15, 0.2) is 0 Å². The number of hydrogen-bond acceptors (Lipinski definition) is 3. The topological polar surface area (TPSA) is 70.6 Å². The lowest BCUT2D eigenvalue weighted by atomic mass is 9.98. The third-order valence-corrected chi connectivity index (χ3v) is 6.84. The van der Waals surface area contributed by atoms with Crippen LogP contribution in [-0.2, 0) is 22.4 Å². The van der Waals surface area contributed by atoms with E-state index in [9.17, 15) is 9.59 Å². The Balaban J connectivity index is 1.55. The van der Waals surface area contributed by atoms with Gasteiger partial charge in [0, 0.05) is 28.5 Å². The molecule has 2 amide bonds. The van der Waals surface area contributed by atoms with Gasteiger partial charge in [-0.25, -0.2) is 0 Å². The van der Waals surface area contributed by atoms with Gasteiger partial charge in [0.1, 0.15) is 6.04 Å². The Labute approximate surface area is 224 Å². The third kappa shape index (κ3) is 6.71. The van der Waals surface area contributed by atoms with Crippen LogP contribution in [0.1, 0.15) is 23.1 Å². The molecule has 36 heavy (non-hydrogen) atoms. The molecule has 0 bridgehead atoms. The quantitative estimate of drug-likeness (QED) is 0.370. The van der Waals surface area contributed by atoms with Crippen molar-refractivity contribution in [2.45, 2.75) is 31.3 Å². The Kier molecular flexibility index (Phi) is 8.73. The summed E-state index contributed by atoms with van der Waals surface area (Å²) < 4.78 is 0.920. The van der Waals surface area contributed by atoms with E-state index in [1.807, 2.05) is 84.9 Å². The number of aliphatic imine (C=N–C) groups is 1. The Bertz CT molecular complexity index is 1290. The summed E-state index contributed by atoms with van der Waals surface area (Å²) >= 11 is 9.49. The first-order chi connectivity index (χ1) is 17.4. The van der Waals surface area contributed by atoms with Gasteiger partial charge in [0.05, 0.1) is 11.8 Å². The lowest BCUT2D eigenvalue weighted by Gasteiger charge is -2.20. The van der Waals surface area contributed by atoms with Gasteiger partial charge in [0.25, 0.3) is 0 Å². The second kappa shape index (κ2) is 12.2. The predicted octanol–water partition coefficient (Wildman–Crippen LogP) is 5.31. The highest BCUT2D eigenvalue weighted by Gasteiger charge is 2.29. The molecule has 1 aliphatic heterocycles. The van der Waals surface area contributed by atoms with Crippen molar-refractivity contribution in [1.82, 2.24) is 10.6 Å². The van der Waals surface area contributed by atoms with Crippen LogP contribution in [0, 0.1) is 0 Å². The molecule has 5 nitrogen and oxygen atoms in total. The number of nitrogens with zero attached hydrogens (tertiary/aromatic N) is 1. The maximum atomic E-state index is 13.5. The number of amides is 2. The number of rotatable bonds is 9. The molecule has 0 saturated heterocycles. The molecule has 7 heteroatoms. The largest absolute Gasteiger partial charge is 0.357 e. The molecule has 3 aromatic carbocycles. The Morgan fingerprint density at radius 3 is 2.44 bits per heavy atom. The van der Waals surface area contributed by atoms with Gasteiger partial charge in [-0.15, -0.1) is 0 Å². The van der Waals surface area contributed by atoms with E-state index in [4.69, 9.17) is 16.6 Å². The molecule has 0 fully saturated rings. The maximum Gasteiger partial charge on any atom is 0.250 e. The molecule has 4 rings (SSSR count). The zero-order chi connectivity index (χ0) is 25.5. The first-order valence-corrected chi connectivity index (χ1v) is 13.0. The molecular formula is C29H27BrClN3O2. The van der Waals surface area contributed by atoms with E-state index in [1.165, 1.54) is 0 Å². The highest BCUT2D eigenvalue weighted by atomic mass is 79.9. The number of carbonyl (C=O) groups is 2. The van der Waals surface area contributed by atoms with Crippen LogP contribution >= 0.6 is 27.5 Å². The fourth-order valence-electron chi connectivity index (χ4n) is 4.20. The smallest absolute Gasteiger partial charge is 0.250 e. The van der Waals surface area contributed by atoms with Crippen LogP contribution in [0.4, 0.5) is 0 Å². The van der Waals surface area contributed by atoms with Crippen molar-refractivity contribution in [1.29, 1.82) is 0 Å². The number of likely N-dealkylation sites (N-methyl/N-ethyl adjacent to an activating group) is 1. The molecule has 2 N–H and O–H groups in total. The van der Waals surface area contributed by atoms with Crippen LogP contribution in [0.15, 0.2) is 100.0 Å². The second-order valence-electron chi connectivity index (χ2n) is 8.64. The molecule has 0 radical (unpaired) electrons. The first kappa shape index (κ1) is 25.9. The number of benzene rings is 3. The van der Waals surface area contributed by atoms with Crippen molar-refractivity contribution in [2.75, 3.05) is 7.05 Å². The van der Waals surface area contributed by atoms with E-state index in [-0.39, 0.29) is 17.9 Å². The van der Waals surface area contributed by atoms with Crippen LogP contribution in [0.5, 0.6) is 0 Å². The predicted molar refractivity (Wildman–Crippen MR) is 148 cm³/mol. The van der Waals surface area contributed by atoms with Gasteiger partial charge in [0.2, 0.25) is 11.8 Å². The van der Waals surface area contributed by atoms with E-state index >= 15 is 0 Å². The summed E-state index contributed by atoms with van der Waals surface area (Å²) in [5.74, 6) is -0.529. The minimum absolute atomic E-state index is 0.246. The maximum absolute atomic E-state index is 13.5. The van der Waals surface area contributed by atoms with Gasteiger partial charge >= 0.3 is 0 Å². The Morgan fingerprint density at radius 2 is 1.75 bits per heavy atom. The summed E-state index contributed by atoms with van der Waals surface area (Å²) in [4.78, 5) is 31.1.